The fourth-order valence-corrected chi connectivity index (χ4v) is 2.60. The number of hydrogen-bond donors (Lipinski definition) is 1. The third-order valence-electron chi connectivity index (χ3n) is 3.77. The summed E-state index contributed by atoms with van der Waals surface area (Å²) < 4.78 is 14.3. The minimum atomic E-state index is -0.496. The van der Waals surface area contributed by atoms with Crippen LogP contribution in [-0.4, -0.2) is 33.8 Å². The van der Waals surface area contributed by atoms with Gasteiger partial charge in [-0.05, 0) is 29.7 Å². The van der Waals surface area contributed by atoms with Crippen molar-refractivity contribution in [1.82, 2.24) is 14.7 Å². The van der Waals surface area contributed by atoms with Gasteiger partial charge in [0.2, 0.25) is 5.95 Å². The SMILES string of the molecule is Cn1nc(NC(=O)N2CC=C(c3ccc(Cl)cc3)CC2)cc1F. The zero-order valence-electron chi connectivity index (χ0n) is 12.6. The van der Waals surface area contributed by atoms with Gasteiger partial charge < -0.3 is 4.90 Å². The van der Waals surface area contributed by atoms with Gasteiger partial charge in [-0.2, -0.15) is 9.49 Å². The van der Waals surface area contributed by atoms with Crippen LogP contribution < -0.4 is 5.32 Å². The number of nitrogens with zero attached hydrogens (tertiary/aromatic N) is 3. The summed E-state index contributed by atoms with van der Waals surface area (Å²) in [6.45, 7) is 1.09. The van der Waals surface area contributed by atoms with E-state index in [1.54, 1.807) is 4.90 Å². The summed E-state index contributed by atoms with van der Waals surface area (Å²) in [5.74, 6) is -0.286. The maximum Gasteiger partial charge on any atom is 0.323 e. The van der Waals surface area contributed by atoms with Crippen LogP contribution in [0, 0.1) is 5.95 Å². The van der Waals surface area contributed by atoms with E-state index in [1.807, 2.05) is 30.3 Å². The van der Waals surface area contributed by atoms with Crippen molar-refractivity contribution >= 4 is 29.0 Å². The predicted molar refractivity (Wildman–Crippen MR) is 87.8 cm³/mol. The molecule has 120 valence electrons. The topological polar surface area (TPSA) is 50.2 Å². The molecular weight excluding hydrogens is 319 g/mol. The van der Waals surface area contributed by atoms with Gasteiger partial charge >= 0.3 is 6.03 Å². The minimum absolute atomic E-state index is 0.211. The molecule has 0 radical (unpaired) electrons. The first-order valence-electron chi connectivity index (χ1n) is 7.23. The fourth-order valence-electron chi connectivity index (χ4n) is 2.47. The molecule has 0 unspecified atom stereocenters. The lowest BCUT2D eigenvalue weighted by molar-refractivity contribution is 0.217. The number of benzene rings is 1. The second-order valence-electron chi connectivity index (χ2n) is 5.34. The van der Waals surface area contributed by atoms with Crippen LogP contribution in [0.5, 0.6) is 0 Å². The second-order valence-corrected chi connectivity index (χ2v) is 5.77. The molecule has 0 spiro atoms. The van der Waals surface area contributed by atoms with E-state index in [4.69, 9.17) is 11.6 Å². The molecule has 5 nitrogen and oxygen atoms in total. The Labute approximate surface area is 138 Å². The van der Waals surface area contributed by atoms with E-state index in [0.717, 1.165) is 16.7 Å². The lowest BCUT2D eigenvalue weighted by Gasteiger charge is -2.26. The summed E-state index contributed by atoms with van der Waals surface area (Å²) in [6.07, 6.45) is 2.77. The number of carbonyl (C=O) groups excluding carboxylic acids is 1. The van der Waals surface area contributed by atoms with Crippen molar-refractivity contribution in [2.45, 2.75) is 6.42 Å². The molecule has 0 fully saturated rings. The highest BCUT2D eigenvalue weighted by molar-refractivity contribution is 6.30. The van der Waals surface area contributed by atoms with Crippen molar-refractivity contribution in [3.63, 3.8) is 0 Å². The number of nitrogens with one attached hydrogen (secondary N) is 1. The zero-order chi connectivity index (χ0) is 16.4. The van der Waals surface area contributed by atoms with Gasteiger partial charge in [0.05, 0.1) is 0 Å². The van der Waals surface area contributed by atoms with Crippen LogP contribution in [0.2, 0.25) is 5.02 Å². The van der Waals surface area contributed by atoms with Crippen LogP contribution in [0.15, 0.2) is 36.4 Å². The van der Waals surface area contributed by atoms with Crippen molar-refractivity contribution in [3.05, 3.63) is 52.9 Å². The Morgan fingerprint density at radius 1 is 1.35 bits per heavy atom. The number of halogens is 2. The van der Waals surface area contributed by atoms with E-state index < -0.39 is 5.95 Å². The Morgan fingerprint density at radius 3 is 2.65 bits per heavy atom. The fraction of sp³-hybridized carbons (Fsp3) is 0.250. The molecule has 1 aromatic heterocycles. The molecular formula is C16H16ClFN4O. The number of rotatable bonds is 2. The summed E-state index contributed by atoms with van der Waals surface area (Å²) in [5, 5.41) is 7.18. The molecule has 1 aliphatic rings. The normalized spacial score (nSPS) is 14.6. The largest absolute Gasteiger partial charge is 0.323 e. The minimum Gasteiger partial charge on any atom is -0.320 e. The van der Waals surface area contributed by atoms with Crippen LogP contribution in [0.4, 0.5) is 15.0 Å². The molecule has 0 aliphatic carbocycles. The first-order valence-corrected chi connectivity index (χ1v) is 7.61. The molecule has 7 heteroatoms. The standard InChI is InChI=1S/C16H16ClFN4O/c1-21-14(18)10-15(20-21)19-16(23)22-8-6-12(7-9-22)11-2-4-13(17)5-3-11/h2-6,10H,7-9H2,1H3,(H,19,20,23). The van der Waals surface area contributed by atoms with Crippen molar-refractivity contribution in [1.29, 1.82) is 0 Å². The van der Waals surface area contributed by atoms with Gasteiger partial charge in [0.1, 0.15) is 0 Å². The average molecular weight is 335 g/mol. The van der Waals surface area contributed by atoms with E-state index >= 15 is 0 Å². The Hall–Kier alpha value is -2.34. The molecule has 3 rings (SSSR count). The molecule has 0 saturated heterocycles. The molecule has 23 heavy (non-hydrogen) atoms. The highest BCUT2D eigenvalue weighted by Crippen LogP contribution is 2.24. The summed E-state index contributed by atoms with van der Waals surface area (Å²) in [5.41, 5.74) is 2.30. The van der Waals surface area contributed by atoms with Crippen molar-refractivity contribution < 1.29 is 9.18 Å². The summed E-state index contributed by atoms with van der Waals surface area (Å²) >= 11 is 5.89. The number of aromatic nitrogens is 2. The van der Waals surface area contributed by atoms with Gasteiger partial charge in [0.25, 0.3) is 0 Å². The molecule has 1 N–H and O–H groups in total. The summed E-state index contributed by atoms with van der Waals surface area (Å²) in [6, 6.07) is 8.56. The van der Waals surface area contributed by atoms with E-state index in [2.05, 4.69) is 10.4 Å². The van der Waals surface area contributed by atoms with Crippen LogP contribution in [0.1, 0.15) is 12.0 Å². The van der Waals surface area contributed by atoms with Gasteiger partial charge in [0, 0.05) is 31.2 Å². The van der Waals surface area contributed by atoms with E-state index in [1.165, 1.54) is 18.7 Å². The Morgan fingerprint density at radius 2 is 2.09 bits per heavy atom. The highest BCUT2D eigenvalue weighted by atomic mass is 35.5. The van der Waals surface area contributed by atoms with Crippen molar-refractivity contribution in [2.24, 2.45) is 7.05 Å². The van der Waals surface area contributed by atoms with Gasteiger partial charge in [0.15, 0.2) is 5.82 Å². The number of aryl methyl sites for hydroxylation is 1. The van der Waals surface area contributed by atoms with Gasteiger partial charge in [-0.1, -0.05) is 29.8 Å². The lowest BCUT2D eigenvalue weighted by Crippen LogP contribution is -2.38. The maximum absolute atomic E-state index is 13.2. The van der Waals surface area contributed by atoms with Crippen LogP contribution in [0.25, 0.3) is 5.57 Å². The third kappa shape index (κ3) is 3.53. The summed E-state index contributed by atoms with van der Waals surface area (Å²) in [7, 11) is 1.48. The smallest absolute Gasteiger partial charge is 0.320 e. The van der Waals surface area contributed by atoms with Gasteiger partial charge in [-0.15, -0.1) is 0 Å². The first-order chi connectivity index (χ1) is 11.0. The number of hydrogen-bond acceptors (Lipinski definition) is 2. The molecule has 0 saturated carbocycles. The Bertz CT molecular complexity index is 734. The summed E-state index contributed by atoms with van der Waals surface area (Å²) in [4.78, 5) is 13.8. The molecule has 2 amide bonds. The third-order valence-corrected chi connectivity index (χ3v) is 4.02. The average Bonchev–Trinajstić information content (AvgIpc) is 2.86. The van der Waals surface area contributed by atoms with Crippen LogP contribution in [-0.2, 0) is 7.05 Å². The van der Waals surface area contributed by atoms with E-state index in [9.17, 15) is 9.18 Å². The van der Waals surface area contributed by atoms with E-state index in [0.29, 0.717) is 18.1 Å². The molecule has 2 aromatic rings. The quantitative estimate of drug-likeness (QED) is 0.913. The molecule has 1 aliphatic heterocycles. The van der Waals surface area contributed by atoms with Gasteiger partial charge in [-0.3, -0.25) is 5.32 Å². The monoisotopic (exact) mass is 334 g/mol. The molecule has 1 aromatic carbocycles. The highest BCUT2D eigenvalue weighted by Gasteiger charge is 2.19. The number of amides is 2. The number of urea groups is 1. The maximum atomic E-state index is 13.2. The predicted octanol–water partition coefficient (Wildman–Crippen LogP) is 3.53. The zero-order valence-corrected chi connectivity index (χ0v) is 13.3. The molecule has 0 atom stereocenters. The Balaban J connectivity index is 1.63. The van der Waals surface area contributed by atoms with Crippen molar-refractivity contribution in [2.75, 3.05) is 18.4 Å². The van der Waals surface area contributed by atoms with E-state index in [-0.39, 0.29) is 11.8 Å². The number of carbonyl (C=O) groups is 1. The van der Waals surface area contributed by atoms with Crippen LogP contribution in [0.3, 0.4) is 0 Å². The molecule has 0 bridgehead atoms. The Kier molecular flexibility index (Phi) is 4.34. The second kappa shape index (κ2) is 6.42. The lowest BCUT2D eigenvalue weighted by atomic mass is 10.00. The first kappa shape index (κ1) is 15.6. The van der Waals surface area contributed by atoms with Gasteiger partial charge in [-0.25, -0.2) is 9.48 Å². The number of anilines is 1. The van der Waals surface area contributed by atoms with Crippen LogP contribution >= 0.6 is 11.6 Å². The van der Waals surface area contributed by atoms with Crippen molar-refractivity contribution in [3.8, 4) is 0 Å². The molecule has 2 heterocycles.